The number of carbonyl (C=O) groups excluding carboxylic acids is 1. The first-order valence-corrected chi connectivity index (χ1v) is 9.73. The number of aryl methyl sites for hydroxylation is 2. The van der Waals surface area contributed by atoms with Crippen LogP contribution in [0.15, 0.2) is 34.7 Å². The summed E-state index contributed by atoms with van der Waals surface area (Å²) in [6, 6.07) is 9.52. The van der Waals surface area contributed by atoms with Gasteiger partial charge in [0.15, 0.2) is 0 Å². The van der Waals surface area contributed by atoms with Crippen molar-refractivity contribution >= 4 is 30.7 Å². The summed E-state index contributed by atoms with van der Waals surface area (Å²) in [7, 11) is 0. The van der Waals surface area contributed by atoms with Crippen LogP contribution in [0.4, 0.5) is 0 Å². The number of oxazole rings is 1. The average Bonchev–Trinajstić information content (AvgIpc) is 2.99. The van der Waals surface area contributed by atoms with Gasteiger partial charge in [0.2, 0.25) is 11.8 Å². The second-order valence-electron chi connectivity index (χ2n) is 7.49. The van der Waals surface area contributed by atoms with Crippen molar-refractivity contribution < 1.29 is 9.21 Å². The number of nitrogens with two attached hydrogens (primary N) is 1. The molecule has 0 radical (unpaired) electrons. The Balaban J connectivity index is 0.00000210. The second kappa shape index (κ2) is 12.2. The number of hydrogen-bond acceptors (Lipinski definition) is 5. The molecule has 0 bridgehead atoms. The summed E-state index contributed by atoms with van der Waals surface area (Å²) in [4.78, 5) is 19.0. The van der Waals surface area contributed by atoms with Crippen LogP contribution in [0.5, 0.6) is 0 Å². The third-order valence-electron chi connectivity index (χ3n) is 5.36. The quantitative estimate of drug-likeness (QED) is 0.684. The maximum atomic E-state index is 12.2. The fraction of sp³-hybridized carbons (Fsp3) is 0.524. The number of carbonyl (C=O) groups is 1. The van der Waals surface area contributed by atoms with Crippen molar-refractivity contribution in [2.75, 3.05) is 19.6 Å². The number of halogens is 2. The van der Waals surface area contributed by atoms with E-state index in [9.17, 15) is 4.79 Å². The number of piperidine rings is 1. The van der Waals surface area contributed by atoms with Gasteiger partial charge in [-0.15, -0.1) is 24.8 Å². The fourth-order valence-corrected chi connectivity index (χ4v) is 3.49. The van der Waals surface area contributed by atoms with E-state index in [1.165, 1.54) is 0 Å². The predicted molar refractivity (Wildman–Crippen MR) is 119 cm³/mol. The molecule has 1 unspecified atom stereocenters. The standard InChI is InChI=1S/C21H30N4O2.2ClH/c1-15-16(2)27-21(24-15)14-25-10-8-17(9-11-25)13-23-20(26)12-19(22)18-6-4-3-5-7-18;;/h3-7,17,19H,8-14,22H2,1-2H3,(H,23,26);2*1H. The molecule has 1 atom stereocenters. The molecule has 0 aliphatic carbocycles. The molecule has 1 aliphatic heterocycles. The normalized spacial score (nSPS) is 15.8. The van der Waals surface area contributed by atoms with E-state index in [2.05, 4.69) is 15.2 Å². The first-order valence-electron chi connectivity index (χ1n) is 9.73. The zero-order chi connectivity index (χ0) is 19.2. The van der Waals surface area contributed by atoms with E-state index in [0.717, 1.165) is 61.9 Å². The van der Waals surface area contributed by atoms with E-state index < -0.39 is 0 Å². The Bertz CT molecular complexity index is 727. The van der Waals surface area contributed by atoms with Crippen LogP contribution in [0.2, 0.25) is 0 Å². The van der Waals surface area contributed by atoms with Crippen molar-refractivity contribution in [2.24, 2.45) is 11.7 Å². The van der Waals surface area contributed by atoms with Crippen LogP contribution in [0.1, 0.15) is 48.2 Å². The number of nitrogens with one attached hydrogen (secondary N) is 1. The maximum absolute atomic E-state index is 12.2. The van der Waals surface area contributed by atoms with Crippen molar-refractivity contribution in [1.82, 2.24) is 15.2 Å². The minimum absolute atomic E-state index is 0. The van der Waals surface area contributed by atoms with E-state index >= 15 is 0 Å². The number of benzene rings is 1. The molecule has 0 saturated carbocycles. The lowest BCUT2D eigenvalue weighted by Gasteiger charge is -2.31. The van der Waals surface area contributed by atoms with Gasteiger partial charge in [0.25, 0.3) is 0 Å². The highest BCUT2D eigenvalue weighted by Crippen LogP contribution is 2.19. The lowest BCUT2D eigenvalue weighted by molar-refractivity contribution is -0.121. The number of nitrogens with zero attached hydrogens (tertiary/aromatic N) is 2. The molecule has 0 spiro atoms. The third kappa shape index (κ3) is 7.63. The lowest BCUT2D eigenvalue weighted by Crippen LogP contribution is -2.38. The second-order valence-corrected chi connectivity index (χ2v) is 7.49. The maximum Gasteiger partial charge on any atom is 0.221 e. The van der Waals surface area contributed by atoms with E-state index in [1.807, 2.05) is 44.2 Å². The number of rotatable bonds is 7. The van der Waals surface area contributed by atoms with Crippen molar-refractivity contribution in [1.29, 1.82) is 0 Å². The molecule has 162 valence electrons. The molecule has 2 aromatic rings. The van der Waals surface area contributed by atoms with Gasteiger partial charge < -0.3 is 15.5 Å². The van der Waals surface area contributed by atoms with Crippen LogP contribution in [-0.4, -0.2) is 35.4 Å². The minimum Gasteiger partial charge on any atom is -0.444 e. The van der Waals surface area contributed by atoms with Crippen LogP contribution in [0, 0.1) is 19.8 Å². The van der Waals surface area contributed by atoms with E-state index in [-0.39, 0.29) is 36.8 Å². The molecule has 1 aromatic carbocycles. The van der Waals surface area contributed by atoms with Gasteiger partial charge in [-0.05, 0) is 51.3 Å². The van der Waals surface area contributed by atoms with Gasteiger partial charge in [0.05, 0.1) is 12.2 Å². The van der Waals surface area contributed by atoms with E-state index in [4.69, 9.17) is 10.2 Å². The zero-order valence-corrected chi connectivity index (χ0v) is 18.7. The number of aromatic nitrogens is 1. The predicted octanol–water partition coefficient (Wildman–Crippen LogP) is 3.55. The topological polar surface area (TPSA) is 84.4 Å². The highest BCUT2D eigenvalue weighted by atomic mass is 35.5. The lowest BCUT2D eigenvalue weighted by atomic mass is 9.96. The SMILES string of the molecule is Cc1nc(CN2CCC(CNC(=O)CC(N)c3ccccc3)CC2)oc1C.Cl.Cl. The molecule has 1 aliphatic rings. The van der Waals surface area contributed by atoms with Gasteiger partial charge in [-0.1, -0.05) is 30.3 Å². The molecule has 1 saturated heterocycles. The van der Waals surface area contributed by atoms with Crippen LogP contribution < -0.4 is 11.1 Å². The molecule has 1 aromatic heterocycles. The Labute approximate surface area is 185 Å². The third-order valence-corrected chi connectivity index (χ3v) is 5.36. The van der Waals surface area contributed by atoms with Gasteiger partial charge in [-0.25, -0.2) is 4.98 Å². The molecule has 8 heteroatoms. The zero-order valence-electron chi connectivity index (χ0n) is 17.1. The summed E-state index contributed by atoms with van der Waals surface area (Å²) in [5.41, 5.74) is 8.09. The summed E-state index contributed by atoms with van der Waals surface area (Å²) in [5, 5.41) is 3.06. The average molecular weight is 443 g/mol. The highest BCUT2D eigenvalue weighted by Gasteiger charge is 2.21. The smallest absolute Gasteiger partial charge is 0.221 e. The van der Waals surface area contributed by atoms with Crippen LogP contribution in [-0.2, 0) is 11.3 Å². The van der Waals surface area contributed by atoms with Crippen LogP contribution >= 0.6 is 24.8 Å². The molecule has 6 nitrogen and oxygen atoms in total. The molecule has 1 fully saturated rings. The Morgan fingerprint density at radius 2 is 1.90 bits per heavy atom. The van der Waals surface area contributed by atoms with E-state index in [0.29, 0.717) is 12.3 Å². The summed E-state index contributed by atoms with van der Waals surface area (Å²) in [6.45, 7) is 7.42. The van der Waals surface area contributed by atoms with Gasteiger partial charge in [-0.2, -0.15) is 0 Å². The van der Waals surface area contributed by atoms with E-state index in [1.54, 1.807) is 0 Å². The Morgan fingerprint density at radius 1 is 1.24 bits per heavy atom. The first-order chi connectivity index (χ1) is 13.0. The van der Waals surface area contributed by atoms with Crippen molar-refractivity contribution in [3.8, 4) is 0 Å². The molecular formula is C21H32Cl2N4O2. The van der Waals surface area contributed by atoms with Crippen molar-refractivity contribution in [2.45, 2.75) is 45.7 Å². The Hall–Kier alpha value is -1.60. The molecule has 2 heterocycles. The number of likely N-dealkylation sites (tertiary alicyclic amines) is 1. The monoisotopic (exact) mass is 442 g/mol. The summed E-state index contributed by atoms with van der Waals surface area (Å²) in [5.74, 6) is 2.24. The Kier molecular flexibility index (Phi) is 10.7. The van der Waals surface area contributed by atoms with Gasteiger partial charge in [-0.3, -0.25) is 9.69 Å². The van der Waals surface area contributed by atoms with Crippen molar-refractivity contribution in [3.05, 3.63) is 53.2 Å². The van der Waals surface area contributed by atoms with Crippen LogP contribution in [0.3, 0.4) is 0 Å². The number of hydrogen-bond donors (Lipinski definition) is 2. The summed E-state index contributed by atoms with van der Waals surface area (Å²) < 4.78 is 5.67. The molecule has 1 amide bonds. The first kappa shape index (κ1) is 25.4. The largest absolute Gasteiger partial charge is 0.444 e. The molecular weight excluding hydrogens is 411 g/mol. The molecule has 29 heavy (non-hydrogen) atoms. The summed E-state index contributed by atoms with van der Waals surface area (Å²) in [6.07, 6.45) is 2.47. The fourth-order valence-electron chi connectivity index (χ4n) is 3.49. The minimum atomic E-state index is -0.249. The molecule has 3 rings (SSSR count). The summed E-state index contributed by atoms with van der Waals surface area (Å²) >= 11 is 0. The number of amides is 1. The van der Waals surface area contributed by atoms with Gasteiger partial charge >= 0.3 is 0 Å². The molecule has 3 N–H and O–H groups in total. The highest BCUT2D eigenvalue weighted by molar-refractivity contribution is 5.85. The Morgan fingerprint density at radius 3 is 2.48 bits per heavy atom. The van der Waals surface area contributed by atoms with Crippen LogP contribution in [0.25, 0.3) is 0 Å². The van der Waals surface area contributed by atoms with Gasteiger partial charge in [0.1, 0.15) is 5.76 Å². The van der Waals surface area contributed by atoms with Crippen molar-refractivity contribution in [3.63, 3.8) is 0 Å². The van der Waals surface area contributed by atoms with Gasteiger partial charge in [0, 0.05) is 19.0 Å².